The molecule has 1 aromatic heterocycles. The third-order valence-electron chi connectivity index (χ3n) is 3.38. The average molecular weight is 296 g/mol. The molecular formula is C13H20N4O4. The molecule has 2 heterocycles. The summed E-state index contributed by atoms with van der Waals surface area (Å²) in [6.45, 7) is 2.12. The highest BCUT2D eigenvalue weighted by Gasteiger charge is 2.23. The summed E-state index contributed by atoms with van der Waals surface area (Å²) < 4.78 is 7.13. The molecule has 8 nitrogen and oxygen atoms in total. The lowest BCUT2D eigenvalue weighted by atomic mass is 10.1. The predicted octanol–water partition coefficient (Wildman–Crippen LogP) is 0.158. The standard InChI is InChI=1S/C13H20N4O4/c18-12(19)9-21-11-1-5-17(6-2-11)13(20)15-4-8-16-7-3-14-10-16/h3,7,10-11H,1-2,4-6,8-9H2,(H,15,20)(H,18,19). The number of urea groups is 1. The molecular weight excluding hydrogens is 276 g/mol. The van der Waals surface area contributed by atoms with E-state index < -0.39 is 5.97 Å². The van der Waals surface area contributed by atoms with Crippen LogP contribution in [0, 0.1) is 0 Å². The molecule has 0 atom stereocenters. The molecule has 1 aliphatic rings. The molecule has 1 aromatic rings. The van der Waals surface area contributed by atoms with Crippen LogP contribution in [0.3, 0.4) is 0 Å². The number of imidazole rings is 1. The highest BCUT2D eigenvalue weighted by molar-refractivity contribution is 5.74. The van der Waals surface area contributed by atoms with E-state index in [0.717, 1.165) is 0 Å². The summed E-state index contributed by atoms with van der Waals surface area (Å²) in [5.74, 6) is -0.963. The highest BCUT2D eigenvalue weighted by atomic mass is 16.5. The topological polar surface area (TPSA) is 96.7 Å². The van der Waals surface area contributed by atoms with Gasteiger partial charge in [-0.2, -0.15) is 0 Å². The molecule has 2 N–H and O–H groups in total. The fraction of sp³-hybridized carbons (Fsp3) is 0.615. The summed E-state index contributed by atoms with van der Waals surface area (Å²) >= 11 is 0. The Bertz CT molecular complexity index is 455. The maximum atomic E-state index is 12.0. The second-order valence-electron chi connectivity index (χ2n) is 4.92. The molecule has 8 heteroatoms. The Balaban J connectivity index is 1.62. The minimum absolute atomic E-state index is 0.0731. The summed E-state index contributed by atoms with van der Waals surface area (Å²) in [5.41, 5.74) is 0. The Morgan fingerprint density at radius 2 is 2.14 bits per heavy atom. The molecule has 1 aliphatic heterocycles. The van der Waals surface area contributed by atoms with E-state index in [-0.39, 0.29) is 18.7 Å². The zero-order chi connectivity index (χ0) is 15.1. The van der Waals surface area contributed by atoms with Crippen LogP contribution in [0.4, 0.5) is 4.79 Å². The summed E-state index contributed by atoms with van der Waals surface area (Å²) in [4.78, 5) is 28.0. The first kappa shape index (κ1) is 15.3. The Morgan fingerprint density at radius 1 is 1.38 bits per heavy atom. The Labute approximate surface area is 122 Å². The second kappa shape index (κ2) is 7.63. The molecule has 21 heavy (non-hydrogen) atoms. The van der Waals surface area contributed by atoms with Gasteiger partial charge in [0.15, 0.2) is 0 Å². The van der Waals surface area contributed by atoms with E-state index in [1.54, 1.807) is 17.4 Å². The third kappa shape index (κ3) is 5.07. The van der Waals surface area contributed by atoms with Gasteiger partial charge in [-0.05, 0) is 12.8 Å². The normalized spacial score (nSPS) is 15.9. The first-order valence-corrected chi connectivity index (χ1v) is 6.97. The van der Waals surface area contributed by atoms with Gasteiger partial charge >= 0.3 is 12.0 Å². The lowest BCUT2D eigenvalue weighted by Crippen LogP contribution is -2.46. The SMILES string of the molecule is O=C(O)COC1CCN(C(=O)NCCn2ccnc2)CC1. The van der Waals surface area contributed by atoms with Crippen LogP contribution in [0.5, 0.6) is 0 Å². The molecule has 0 aliphatic carbocycles. The molecule has 116 valence electrons. The molecule has 0 unspecified atom stereocenters. The second-order valence-corrected chi connectivity index (χ2v) is 4.92. The van der Waals surface area contributed by atoms with Gasteiger partial charge in [-0.3, -0.25) is 0 Å². The third-order valence-corrected chi connectivity index (χ3v) is 3.38. The lowest BCUT2D eigenvalue weighted by molar-refractivity contribution is -0.145. The van der Waals surface area contributed by atoms with Gasteiger partial charge in [0, 0.05) is 38.6 Å². The van der Waals surface area contributed by atoms with Gasteiger partial charge in [0.25, 0.3) is 0 Å². The summed E-state index contributed by atoms with van der Waals surface area (Å²) in [6.07, 6.45) is 6.51. The lowest BCUT2D eigenvalue weighted by Gasteiger charge is -2.31. The predicted molar refractivity (Wildman–Crippen MR) is 73.8 cm³/mol. The van der Waals surface area contributed by atoms with Gasteiger partial charge in [-0.1, -0.05) is 0 Å². The first-order valence-electron chi connectivity index (χ1n) is 6.97. The van der Waals surface area contributed by atoms with Gasteiger partial charge in [-0.25, -0.2) is 14.6 Å². The number of piperidine rings is 1. The van der Waals surface area contributed by atoms with Crippen molar-refractivity contribution in [2.24, 2.45) is 0 Å². The van der Waals surface area contributed by atoms with Crippen molar-refractivity contribution in [3.05, 3.63) is 18.7 Å². The van der Waals surface area contributed by atoms with Crippen LogP contribution in [0.2, 0.25) is 0 Å². The zero-order valence-corrected chi connectivity index (χ0v) is 11.8. The molecule has 0 bridgehead atoms. The van der Waals surface area contributed by atoms with Gasteiger partial charge < -0.3 is 24.6 Å². The maximum absolute atomic E-state index is 12.0. The minimum Gasteiger partial charge on any atom is -0.480 e. The van der Waals surface area contributed by atoms with Crippen molar-refractivity contribution in [2.45, 2.75) is 25.5 Å². The number of likely N-dealkylation sites (tertiary alicyclic amines) is 1. The number of hydrogen-bond acceptors (Lipinski definition) is 4. The van der Waals surface area contributed by atoms with Crippen LogP contribution < -0.4 is 5.32 Å². The van der Waals surface area contributed by atoms with E-state index in [0.29, 0.717) is 39.0 Å². The smallest absolute Gasteiger partial charge is 0.329 e. The fourth-order valence-corrected chi connectivity index (χ4v) is 2.24. The summed E-state index contributed by atoms with van der Waals surface area (Å²) in [5, 5.41) is 11.4. The maximum Gasteiger partial charge on any atom is 0.329 e. The number of carboxylic acid groups (broad SMARTS) is 1. The van der Waals surface area contributed by atoms with E-state index in [1.165, 1.54) is 0 Å². The first-order chi connectivity index (χ1) is 10.1. The summed E-state index contributed by atoms with van der Waals surface area (Å²) in [7, 11) is 0. The number of nitrogens with one attached hydrogen (secondary N) is 1. The minimum atomic E-state index is -0.963. The van der Waals surface area contributed by atoms with Crippen LogP contribution in [-0.4, -0.2) is 63.9 Å². The Hall–Kier alpha value is -2.09. The number of hydrogen-bond donors (Lipinski definition) is 2. The van der Waals surface area contributed by atoms with E-state index in [9.17, 15) is 9.59 Å². The molecule has 2 amide bonds. The van der Waals surface area contributed by atoms with Crippen LogP contribution in [0.15, 0.2) is 18.7 Å². The Morgan fingerprint density at radius 3 is 2.76 bits per heavy atom. The number of carboxylic acids is 1. The number of ether oxygens (including phenoxy) is 1. The van der Waals surface area contributed by atoms with Crippen molar-refractivity contribution >= 4 is 12.0 Å². The number of carbonyl (C=O) groups excluding carboxylic acids is 1. The van der Waals surface area contributed by atoms with Crippen molar-refractivity contribution in [1.29, 1.82) is 0 Å². The number of nitrogens with zero attached hydrogens (tertiary/aromatic N) is 3. The molecule has 1 saturated heterocycles. The average Bonchev–Trinajstić information content (AvgIpc) is 2.99. The van der Waals surface area contributed by atoms with Crippen LogP contribution in [-0.2, 0) is 16.1 Å². The zero-order valence-electron chi connectivity index (χ0n) is 11.8. The van der Waals surface area contributed by atoms with Crippen molar-refractivity contribution in [3.63, 3.8) is 0 Å². The van der Waals surface area contributed by atoms with E-state index in [4.69, 9.17) is 9.84 Å². The highest BCUT2D eigenvalue weighted by Crippen LogP contribution is 2.13. The van der Waals surface area contributed by atoms with Gasteiger partial charge in [-0.15, -0.1) is 0 Å². The number of rotatable bonds is 6. The molecule has 2 rings (SSSR count). The number of aliphatic carboxylic acids is 1. The number of aromatic nitrogens is 2. The number of carbonyl (C=O) groups is 2. The van der Waals surface area contributed by atoms with Crippen LogP contribution in [0.25, 0.3) is 0 Å². The van der Waals surface area contributed by atoms with Gasteiger partial charge in [0.05, 0.1) is 12.4 Å². The van der Waals surface area contributed by atoms with Crippen LogP contribution in [0.1, 0.15) is 12.8 Å². The quantitative estimate of drug-likeness (QED) is 0.779. The fourth-order valence-electron chi connectivity index (χ4n) is 2.24. The molecule has 0 saturated carbocycles. The van der Waals surface area contributed by atoms with Crippen molar-refractivity contribution in [3.8, 4) is 0 Å². The monoisotopic (exact) mass is 296 g/mol. The van der Waals surface area contributed by atoms with E-state index in [1.807, 2.05) is 10.8 Å². The van der Waals surface area contributed by atoms with E-state index >= 15 is 0 Å². The largest absolute Gasteiger partial charge is 0.480 e. The molecule has 1 fully saturated rings. The molecule has 0 spiro atoms. The van der Waals surface area contributed by atoms with Crippen molar-refractivity contribution < 1.29 is 19.4 Å². The van der Waals surface area contributed by atoms with Crippen molar-refractivity contribution in [2.75, 3.05) is 26.2 Å². The van der Waals surface area contributed by atoms with Gasteiger partial charge in [0.2, 0.25) is 0 Å². The van der Waals surface area contributed by atoms with Crippen LogP contribution >= 0.6 is 0 Å². The molecule has 0 radical (unpaired) electrons. The number of amides is 2. The van der Waals surface area contributed by atoms with Gasteiger partial charge in [0.1, 0.15) is 6.61 Å². The van der Waals surface area contributed by atoms with Crippen molar-refractivity contribution in [1.82, 2.24) is 19.8 Å². The van der Waals surface area contributed by atoms with E-state index in [2.05, 4.69) is 10.3 Å². The molecule has 0 aromatic carbocycles. The Kier molecular flexibility index (Phi) is 5.56. The summed E-state index contributed by atoms with van der Waals surface area (Å²) in [6, 6.07) is -0.0909.